The van der Waals surface area contributed by atoms with Gasteiger partial charge in [-0.2, -0.15) is 0 Å². The van der Waals surface area contributed by atoms with E-state index in [1.54, 1.807) is 14.2 Å². The lowest BCUT2D eigenvalue weighted by molar-refractivity contribution is -0.107. The van der Waals surface area contributed by atoms with Crippen LogP contribution in [0.25, 0.3) is 11.1 Å². The number of benzene rings is 2. The summed E-state index contributed by atoms with van der Waals surface area (Å²) in [5, 5.41) is 0. The minimum atomic E-state index is 0.286. The molecule has 0 saturated heterocycles. The summed E-state index contributed by atoms with van der Waals surface area (Å²) < 4.78 is 11.4. The van der Waals surface area contributed by atoms with Gasteiger partial charge in [-0.3, -0.25) is 0 Å². The van der Waals surface area contributed by atoms with Crippen LogP contribution in [0.1, 0.15) is 37.3 Å². The molecule has 23 heavy (non-hydrogen) atoms. The molecule has 0 unspecified atom stereocenters. The standard InChI is InChI=1S/C20H24O3/c1-14(2)18-17(22-3)13-16(11-8-12-21)20(23-4)19(18)15-9-6-5-7-10-15/h5-7,9-10,12-14H,8,11H2,1-4H3. The highest BCUT2D eigenvalue weighted by Gasteiger charge is 2.22. The Morgan fingerprint density at radius 3 is 2.30 bits per heavy atom. The zero-order valence-electron chi connectivity index (χ0n) is 14.3. The zero-order valence-corrected chi connectivity index (χ0v) is 14.3. The number of aldehydes is 1. The van der Waals surface area contributed by atoms with Crippen molar-refractivity contribution < 1.29 is 14.3 Å². The number of ether oxygens (including phenoxy) is 2. The van der Waals surface area contributed by atoms with Gasteiger partial charge < -0.3 is 14.3 Å². The summed E-state index contributed by atoms with van der Waals surface area (Å²) in [5.74, 6) is 1.97. The van der Waals surface area contributed by atoms with Gasteiger partial charge in [-0.05, 0) is 29.5 Å². The smallest absolute Gasteiger partial charge is 0.130 e. The number of aryl methyl sites for hydroxylation is 1. The van der Waals surface area contributed by atoms with Crippen LogP contribution in [0.4, 0.5) is 0 Å². The minimum absolute atomic E-state index is 0.286. The fourth-order valence-electron chi connectivity index (χ4n) is 2.97. The van der Waals surface area contributed by atoms with Crippen molar-refractivity contribution in [3.8, 4) is 22.6 Å². The van der Waals surface area contributed by atoms with Gasteiger partial charge in [-0.1, -0.05) is 44.2 Å². The summed E-state index contributed by atoms with van der Waals surface area (Å²) in [6, 6.07) is 12.2. The largest absolute Gasteiger partial charge is 0.496 e. The molecule has 0 spiro atoms. The van der Waals surface area contributed by atoms with E-state index < -0.39 is 0 Å². The maximum Gasteiger partial charge on any atom is 0.130 e. The Labute approximate surface area is 138 Å². The van der Waals surface area contributed by atoms with Gasteiger partial charge in [0, 0.05) is 17.5 Å². The summed E-state index contributed by atoms with van der Waals surface area (Å²) in [5.41, 5.74) is 4.28. The summed E-state index contributed by atoms with van der Waals surface area (Å²) in [6.45, 7) is 4.30. The number of rotatable bonds is 7. The van der Waals surface area contributed by atoms with Crippen LogP contribution in [0.5, 0.6) is 11.5 Å². The molecule has 0 aliphatic heterocycles. The Balaban J connectivity index is 2.78. The van der Waals surface area contributed by atoms with Gasteiger partial charge in [0.05, 0.1) is 14.2 Å². The van der Waals surface area contributed by atoms with Crippen LogP contribution in [-0.2, 0) is 11.2 Å². The molecule has 2 aromatic carbocycles. The van der Waals surface area contributed by atoms with E-state index in [0.717, 1.165) is 40.0 Å². The Hall–Kier alpha value is -2.29. The SMILES string of the molecule is COc1cc(CCC=O)c(OC)c(-c2ccccc2)c1C(C)C. The first kappa shape index (κ1) is 17.1. The van der Waals surface area contributed by atoms with Crippen LogP contribution >= 0.6 is 0 Å². The molecule has 0 aliphatic rings. The van der Waals surface area contributed by atoms with Crippen LogP contribution in [0.15, 0.2) is 36.4 Å². The van der Waals surface area contributed by atoms with Gasteiger partial charge in [0.15, 0.2) is 0 Å². The van der Waals surface area contributed by atoms with Crippen LogP contribution < -0.4 is 9.47 Å². The zero-order chi connectivity index (χ0) is 16.8. The van der Waals surface area contributed by atoms with Crippen molar-refractivity contribution in [2.75, 3.05) is 14.2 Å². The molecule has 3 heteroatoms. The maximum absolute atomic E-state index is 10.8. The van der Waals surface area contributed by atoms with E-state index in [9.17, 15) is 4.79 Å². The fraction of sp³-hybridized carbons (Fsp3) is 0.350. The lowest BCUT2D eigenvalue weighted by Crippen LogP contribution is -2.04. The van der Waals surface area contributed by atoms with E-state index in [-0.39, 0.29) is 5.92 Å². The Morgan fingerprint density at radius 1 is 1.09 bits per heavy atom. The molecule has 0 fully saturated rings. The normalized spacial score (nSPS) is 10.7. The van der Waals surface area contributed by atoms with Gasteiger partial charge in [0.1, 0.15) is 17.8 Å². The van der Waals surface area contributed by atoms with Crippen molar-refractivity contribution in [2.45, 2.75) is 32.6 Å². The molecule has 0 atom stereocenters. The van der Waals surface area contributed by atoms with Crippen molar-refractivity contribution in [2.24, 2.45) is 0 Å². The first-order valence-electron chi connectivity index (χ1n) is 7.90. The highest BCUT2D eigenvalue weighted by molar-refractivity contribution is 5.79. The van der Waals surface area contributed by atoms with Crippen molar-refractivity contribution in [3.63, 3.8) is 0 Å². The lowest BCUT2D eigenvalue weighted by Gasteiger charge is -2.23. The Morgan fingerprint density at radius 2 is 1.78 bits per heavy atom. The van der Waals surface area contributed by atoms with Crippen LogP contribution in [0.2, 0.25) is 0 Å². The van der Waals surface area contributed by atoms with E-state index >= 15 is 0 Å². The lowest BCUT2D eigenvalue weighted by atomic mass is 9.88. The number of carbonyl (C=O) groups is 1. The van der Waals surface area contributed by atoms with Crippen molar-refractivity contribution >= 4 is 6.29 Å². The molecule has 0 saturated carbocycles. The molecule has 0 heterocycles. The first-order valence-corrected chi connectivity index (χ1v) is 7.90. The maximum atomic E-state index is 10.8. The van der Waals surface area contributed by atoms with Gasteiger partial charge in [0.25, 0.3) is 0 Å². The second kappa shape index (κ2) is 7.82. The molecule has 0 N–H and O–H groups in total. The van der Waals surface area contributed by atoms with E-state index in [4.69, 9.17) is 9.47 Å². The second-order valence-corrected chi connectivity index (χ2v) is 5.79. The highest BCUT2D eigenvalue weighted by atomic mass is 16.5. The third kappa shape index (κ3) is 3.55. The number of methoxy groups -OCH3 is 2. The third-order valence-electron chi connectivity index (χ3n) is 3.95. The Kier molecular flexibility index (Phi) is 5.80. The number of carbonyl (C=O) groups excluding carboxylic acids is 1. The summed E-state index contributed by atoms with van der Waals surface area (Å²) in [6.07, 6.45) is 2.04. The van der Waals surface area contributed by atoms with E-state index in [1.165, 1.54) is 0 Å². The monoisotopic (exact) mass is 312 g/mol. The number of hydrogen-bond donors (Lipinski definition) is 0. The molecular weight excluding hydrogens is 288 g/mol. The molecule has 3 nitrogen and oxygen atoms in total. The molecule has 0 radical (unpaired) electrons. The first-order chi connectivity index (χ1) is 11.1. The number of hydrogen-bond acceptors (Lipinski definition) is 3. The van der Waals surface area contributed by atoms with Crippen LogP contribution in [0, 0.1) is 0 Å². The molecule has 0 aliphatic carbocycles. The van der Waals surface area contributed by atoms with Crippen molar-refractivity contribution in [1.82, 2.24) is 0 Å². The van der Waals surface area contributed by atoms with Crippen molar-refractivity contribution in [3.05, 3.63) is 47.5 Å². The summed E-state index contributed by atoms with van der Waals surface area (Å²) >= 11 is 0. The molecule has 0 bridgehead atoms. The third-order valence-corrected chi connectivity index (χ3v) is 3.95. The van der Waals surface area contributed by atoms with Crippen LogP contribution in [-0.4, -0.2) is 20.5 Å². The van der Waals surface area contributed by atoms with Crippen LogP contribution in [0.3, 0.4) is 0 Å². The average molecular weight is 312 g/mol. The predicted molar refractivity (Wildman–Crippen MR) is 93.5 cm³/mol. The quantitative estimate of drug-likeness (QED) is 0.699. The van der Waals surface area contributed by atoms with E-state index in [0.29, 0.717) is 12.8 Å². The molecule has 2 rings (SSSR count). The highest BCUT2D eigenvalue weighted by Crippen LogP contribution is 2.45. The summed E-state index contributed by atoms with van der Waals surface area (Å²) in [4.78, 5) is 10.8. The topological polar surface area (TPSA) is 35.5 Å². The van der Waals surface area contributed by atoms with E-state index in [1.807, 2.05) is 24.3 Å². The Bertz CT molecular complexity index is 660. The molecule has 2 aromatic rings. The minimum Gasteiger partial charge on any atom is -0.496 e. The average Bonchev–Trinajstić information content (AvgIpc) is 2.58. The van der Waals surface area contributed by atoms with Crippen molar-refractivity contribution in [1.29, 1.82) is 0 Å². The molecular formula is C20H24O3. The molecule has 122 valence electrons. The van der Waals surface area contributed by atoms with Gasteiger partial charge in [-0.25, -0.2) is 0 Å². The van der Waals surface area contributed by atoms with E-state index in [2.05, 4.69) is 26.0 Å². The molecule has 0 amide bonds. The van der Waals surface area contributed by atoms with Gasteiger partial charge in [-0.15, -0.1) is 0 Å². The van der Waals surface area contributed by atoms with Gasteiger partial charge in [0.2, 0.25) is 0 Å². The second-order valence-electron chi connectivity index (χ2n) is 5.79. The predicted octanol–water partition coefficient (Wildman–Crippen LogP) is 4.63. The fourth-order valence-corrected chi connectivity index (χ4v) is 2.97. The summed E-state index contributed by atoms with van der Waals surface area (Å²) in [7, 11) is 3.37. The molecule has 0 aromatic heterocycles. The van der Waals surface area contributed by atoms with Gasteiger partial charge >= 0.3 is 0 Å².